The van der Waals surface area contributed by atoms with E-state index in [4.69, 9.17) is 10.00 Å². The first-order valence-electron chi connectivity index (χ1n) is 5.38. The summed E-state index contributed by atoms with van der Waals surface area (Å²) in [6.07, 6.45) is 2.14. The SMILES string of the molecule is Cc1c(C#N)cc(C2CCOCC2)n1C. The average molecular weight is 204 g/mol. The maximum Gasteiger partial charge on any atom is 0.101 e. The standard InChI is InChI=1S/C12H16N2O/c1-9-11(8-13)7-12(14(9)2)10-3-5-15-6-4-10/h7,10H,3-6H2,1-2H3. The highest BCUT2D eigenvalue weighted by Gasteiger charge is 2.20. The molecule has 0 aromatic carbocycles. The van der Waals surface area contributed by atoms with Gasteiger partial charge >= 0.3 is 0 Å². The van der Waals surface area contributed by atoms with Gasteiger partial charge in [-0.25, -0.2) is 0 Å². The molecule has 0 aliphatic carbocycles. The van der Waals surface area contributed by atoms with E-state index in [-0.39, 0.29) is 0 Å². The van der Waals surface area contributed by atoms with E-state index in [0.29, 0.717) is 5.92 Å². The van der Waals surface area contributed by atoms with Crippen LogP contribution in [-0.4, -0.2) is 17.8 Å². The minimum atomic E-state index is 0.560. The van der Waals surface area contributed by atoms with Gasteiger partial charge < -0.3 is 9.30 Å². The highest BCUT2D eigenvalue weighted by Crippen LogP contribution is 2.29. The molecular weight excluding hydrogens is 188 g/mol. The van der Waals surface area contributed by atoms with E-state index < -0.39 is 0 Å². The lowest BCUT2D eigenvalue weighted by Crippen LogP contribution is -2.16. The lowest BCUT2D eigenvalue weighted by molar-refractivity contribution is 0.0839. The monoisotopic (exact) mass is 204 g/mol. The zero-order valence-electron chi connectivity index (χ0n) is 9.29. The quantitative estimate of drug-likeness (QED) is 0.702. The maximum atomic E-state index is 8.97. The van der Waals surface area contributed by atoms with Crippen LogP contribution in [0.1, 0.15) is 35.7 Å². The van der Waals surface area contributed by atoms with Gasteiger partial charge in [-0.05, 0) is 25.8 Å². The summed E-state index contributed by atoms with van der Waals surface area (Å²) in [5.74, 6) is 0.560. The molecule has 3 nitrogen and oxygen atoms in total. The number of ether oxygens (including phenoxy) is 1. The summed E-state index contributed by atoms with van der Waals surface area (Å²) in [4.78, 5) is 0. The van der Waals surface area contributed by atoms with Crippen LogP contribution in [0, 0.1) is 18.3 Å². The number of nitriles is 1. The van der Waals surface area contributed by atoms with Gasteiger partial charge in [0.25, 0.3) is 0 Å². The Balaban J connectivity index is 2.31. The van der Waals surface area contributed by atoms with E-state index in [2.05, 4.69) is 10.6 Å². The van der Waals surface area contributed by atoms with E-state index in [1.165, 1.54) is 5.69 Å². The van der Waals surface area contributed by atoms with Gasteiger partial charge in [-0.2, -0.15) is 5.26 Å². The third-order valence-electron chi connectivity index (χ3n) is 3.33. The fraction of sp³-hybridized carbons (Fsp3) is 0.583. The van der Waals surface area contributed by atoms with Crippen LogP contribution in [0.5, 0.6) is 0 Å². The van der Waals surface area contributed by atoms with Crippen molar-refractivity contribution in [2.45, 2.75) is 25.7 Å². The number of rotatable bonds is 1. The number of hydrogen-bond donors (Lipinski definition) is 0. The zero-order valence-corrected chi connectivity index (χ0v) is 9.29. The lowest BCUT2D eigenvalue weighted by Gasteiger charge is -2.22. The molecule has 80 valence electrons. The first-order valence-corrected chi connectivity index (χ1v) is 5.38. The second-order valence-corrected chi connectivity index (χ2v) is 4.13. The van der Waals surface area contributed by atoms with Gasteiger partial charge in [0.1, 0.15) is 6.07 Å². The first kappa shape index (κ1) is 10.3. The predicted octanol–water partition coefficient (Wildman–Crippen LogP) is 2.10. The fourth-order valence-corrected chi connectivity index (χ4v) is 2.22. The molecule has 1 aromatic rings. The molecule has 1 aliphatic rings. The van der Waals surface area contributed by atoms with Gasteiger partial charge in [-0.1, -0.05) is 0 Å². The highest BCUT2D eigenvalue weighted by molar-refractivity contribution is 5.38. The summed E-state index contributed by atoms with van der Waals surface area (Å²) in [6, 6.07) is 4.28. The molecular formula is C12H16N2O. The first-order chi connectivity index (χ1) is 7.24. The molecule has 0 spiro atoms. The van der Waals surface area contributed by atoms with Gasteiger partial charge in [0.05, 0.1) is 5.56 Å². The summed E-state index contributed by atoms with van der Waals surface area (Å²) < 4.78 is 7.50. The van der Waals surface area contributed by atoms with Crippen molar-refractivity contribution in [1.82, 2.24) is 4.57 Å². The van der Waals surface area contributed by atoms with Crippen LogP contribution in [-0.2, 0) is 11.8 Å². The molecule has 1 aromatic heterocycles. The largest absolute Gasteiger partial charge is 0.381 e. The molecule has 1 fully saturated rings. The number of hydrogen-bond acceptors (Lipinski definition) is 2. The van der Waals surface area contributed by atoms with Gasteiger partial charge in [-0.3, -0.25) is 0 Å². The van der Waals surface area contributed by atoms with Gasteiger partial charge in [0.15, 0.2) is 0 Å². The van der Waals surface area contributed by atoms with Crippen LogP contribution in [0.2, 0.25) is 0 Å². The Morgan fingerprint density at radius 1 is 1.47 bits per heavy atom. The molecule has 0 saturated carbocycles. The Morgan fingerprint density at radius 2 is 2.13 bits per heavy atom. The minimum absolute atomic E-state index is 0.560. The van der Waals surface area contributed by atoms with Crippen LogP contribution in [0.15, 0.2) is 6.07 Å². The normalized spacial score (nSPS) is 17.7. The van der Waals surface area contributed by atoms with Crippen LogP contribution in [0.3, 0.4) is 0 Å². The maximum absolute atomic E-state index is 8.97. The van der Waals surface area contributed by atoms with Crippen molar-refractivity contribution in [3.05, 3.63) is 23.0 Å². The molecule has 0 amide bonds. The van der Waals surface area contributed by atoms with Crippen molar-refractivity contribution in [2.75, 3.05) is 13.2 Å². The topological polar surface area (TPSA) is 37.9 Å². The Bertz CT molecular complexity index is 394. The zero-order chi connectivity index (χ0) is 10.8. The molecule has 0 unspecified atom stereocenters. The Labute approximate surface area is 90.3 Å². The van der Waals surface area contributed by atoms with Crippen molar-refractivity contribution in [2.24, 2.45) is 7.05 Å². The molecule has 0 radical (unpaired) electrons. The summed E-state index contributed by atoms with van der Waals surface area (Å²) in [5.41, 5.74) is 3.16. The summed E-state index contributed by atoms with van der Waals surface area (Å²) >= 11 is 0. The molecule has 0 atom stereocenters. The minimum Gasteiger partial charge on any atom is -0.381 e. The molecule has 2 heterocycles. The van der Waals surface area contributed by atoms with E-state index in [0.717, 1.165) is 37.3 Å². The molecule has 15 heavy (non-hydrogen) atoms. The van der Waals surface area contributed by atoms with Crippen LogP contribution >= 0.6 is 0 Å². The van der Waals surface area contributed by atoms with Crippen molar-refractivity contribution >= 4 is 0 Å². The predicted molar refractivity (Wildman–Crippen MR) is 57.7 cm³/mol. The molecule has 0 N–H and O–H groups in total. The van der Waals surface area contributed by atoms with Gasteiger partial charge in [0.2, 0.25) is 0 Å². The summed E-state index contributed by atoms with van der Waals surface area (Å²) in [5, 5.41) is 8.97. The van der Waals surface area contributed by atoms with E-state index >= 15 is 0 Å². The van der Waals surface area contributed by atoms with Crippen LogP contribution in [0.25, 0.3) is 0 Å². The fourth-order valence-electron chi connectivity index (χ4n) is 2.22. The van der Waals surface area contributed by atoms with Crippen molar-refractivity contribution < 1.29 is 4.74 Å². The molecule has 2 rings (SSSR count). The Kier molecular flexibility index (Phi) is 2.79. The van der Waals surface area contributed by atoms with Crippen molar-refractivity contribution in [1.29, 1.82) is 5.26 Å². The number of nitrogens with zero attached hydrogens (tertiary/aromatic N) is 2. The van der Waals surface area contributed by atoms with E-state index in [1.807, 2.05) is 20.0 Å². The van der Waals surface area contributed by atoms with E-state index in [1.54, 1.807) is 0 Å². The average Bonchev–Trinajstić information content (AvgIpc) is 2.57. The molecule has 0 bridgehead atoms. The Morgan fingerprint density at radius 3 is 2.67 bits per heavy atom. The second-order valence-electron chi connectivity index (χ2n) is 4.13. The number of aromatic nitrogens is 1. The third kappa shape index (κ3) is 1.78. The third-order valence-corrected chi connectivity index (χ3v) is 3.33. The van der Waals surface area contributed by atoms with E-state index in [9.17, 15) is 0 Å². The lowest BCUT2D eigenvalue weighted by atomic mass is 9.96. The highest BCUT2D eigenvalue weighted by atomic mass is 16.5. The van der Waals surface area contributed by atoms with Crippen LogP contribution in [0.4, 0.5) is 0 Å². The Hall–Kier alpha value is -1.27. The van der Waals surface area contributed by atoms with Gasteiger partial charge in [0, 0.05) is 37.6 Å². The summed E-state index contributed by atoms with van der Waals surface area (Å²) in [7, 11) is 2.04. The molecule has 1 saturated heterocycles. The smallest absolute Gasteiger partial charge is 0.101 e. The molecule has 1 aliphatic heterocycles. The van der Waals surface area contributed by atoms with Gasteiger partial charge in [-0.15, -0.1) is 0 Å². The molecule has 3 heteroatoms. The van der Waals surface area contributed by atoms with Crippen molar-refractivity contribution in [3.63, 3.8) is 0 Å². The van der Waals surface area contributed by atoms with Crippen molar-refractivity contribution in [3.8, 4) is 6.07 Å². The second kappa shape index (κ2) is 4.08. The summed E-state index contributed by atoms with van der Waals surface area (Å²) in [6.45, 7) is 3.69. The van der Waals surface area contributed by atoms with Crippen LogP contribution < -0.4 is 0 Å².